The lowest BCUT2D eigenvalue weighted by molar-refractivity contribution is 1.29. The van der Waals surface area contributed by atoms with Crippen molar-refractivity contribution in [2.75, 3.05) is 4.90 Å². The molecule has 2 heterocycles. The minimum absolute atomic E-state index is 0.602. The number of nitriles is 1. The first kappa shape index (κ1) is 27.5. The van der Waals surface area contributed by atoms with E-state index < -0.39 is 8.07 Å². The molecule has 1 aliphatic heterocycles. The summed E-state index contributed by atoms with van der Waals surface area (Å²) in [7, 11) is -2.65. The van der Waals surface area contributed by atoms with E-state index >= 15 is 0 Å². The summed E-state index contributed by atoms with van der Waals surface area (Å²) in [5.41, 5.74) is 8.12. The Morgan fingerprint density at radius 1 is 0.500 bits per heavy atom. The van der Waals surface area contributed by atoms with E-state index in [4.69, 9.17) is 0 Å². The van der Waals surface area contributed by atoms with Gasteiger partial charge >= 0.3 is 0 Å². The van der Waals surface area contributed by atoms with E-state index in [9.17, 15) is 5.26 Å². The van der Waals surface area contributed by atoms with Crippen LogP contribution in [0.25, 0.3) is 22.4 Å². The first-order valence-electron chi connectivity index (χ1n) is 15.4. The molecule has 6 aromatic carbocycles. The van der Waals surface area contributed by atoms with Crippen LogP contribution in [0.2, 0.25) is 0 Å². The topological polar surface area (TPSA) is 39.9 Å². The number of hydrogen-bond donors (Lipinski definition) is 0. The molecule has 4 heteroatoms. The molecule has 1 aliphatic rings. The highest BCUT2D eigenvalue weighted by Crippen LogP contribution is 2.39. The van der Waals surface area contributed by atoms with Crippen LogP contribution in [0.5, 0.6) is 0 Å². The number of pyridine rings is 1. The molecule has 0 radical (unpaired) electrons. The molecule has 0 amide bonds. The van der Waals surface area contributed by atoms with E-state index in [0.717, 1.165) is 28.1 Å². The minimum atomic E-state index is -2.65. The van der Waals surface area contributed by atoms with Crippen molar-refractivity contribution < 1.29 is 0 Å². The second-order valence-corrected chi connectivity index (χ2v) is 15.3. The van der Waals surface area contributed by atoms with Gasteiger partial charge in [0, 0.05) is 28.8 Å². The minimum Gasteiger partial charge on any atom is -0.311 e. The van der Waals surface area contributed by atoms with Gasteiger partial charge in [0.1, 0.15) is 0 Å². The lowest BCUT2D eigenvalue weighted by Gasteiger charge is -2.45. The highest BCUT2D eigenvalue weighted by Gasteiger charge is 2.48. The monoisotopic (exact) mass is 603 g/mol. The van der Waals surface area contributed by atoms with E-state index in [1.165, 1.54) is 32.1 Å². The Labute approximate surface area is 270 Å². The molecule has 7 aromatic rings. The largest absolute Gasteiger partial charge is 0.311 e. The molecule has 0 spiro atoms. The molecule has 0 unspecified atom stereocenters. The predicted molar refractivity (Wildman–Crippen MR) is 192 cm³/mol. The Kier molecular flexibility index (Phi) is 6.87. The number of rotatable bonds is 5. The molecule has 0 saturated heterocycles. The van der Waals surface area contributed by atoms with Crippen molar-refractivity contribution in [2.24, 2.45) is 0 Å². The Bertz CT molecular complexity index is 2150. The van der Waals surface area contributed by atoms with Crippen molar-refractivity contribution in [3.05, 3.63) is 182 Å². The van der Waals surface area contributed by atoms with Crippen LogP contribution in [0.15, 0.2) is 176 Å². The molecule has 46 heavy (non-hydrogen) atoms. The van der Waals surface area contributed by atoms with E-state index in [0.29, 0.717) is 5.56 Å². The average Bonchev–Trinajstić information content (AvgIpc) is 3.14. The smallest absolute Gasteiger partial charge is 0.184 e. The zero-order chi connectivity index (χ0) is 30.9. The highest BCUT2D eigenvalue weighted by atomic mass is 28.3. The summed E-state index contributed by atoms with van der Waals surface area (Å²) in [5, 5.41) is 14.9. The van der Waals surface area contributed by atoms with Gasteiger partial charge in [-0.05, 0) is 74.3 Å². The maximum Gasteiger partial charge on any atom is 0.184 e. The maximum absolute atomic E-state index is 9.42. The molecule has 0 saturated carbocycles. The van der Waals surface area contributed by atoms with Crippen molar-refractivity contribution in [3.63, 3.8) is 0 Å². The fourth-order valence-corrected chi connectivity index (χ4v) is 12.1. The predicted octanol–water partition coefficient (Wildman–Crippen LogP) is 7.45. The Morgan fingerprint density at radius 2 is 1.04 bits per heavy atom. The summed E-state index contributed by atoms with van der Waals surface area (Å²) in [5.74, 6) is 0. The van der Waals surface area contributed by atoms with E-state index in [2.05, 4.69) is 168 Å². The quantitative estimate of drug-likeness (QED) is 0.192. The van der Waals surface area contributed by atoms with Crippen molar-refractivity contribution in [3.8, 4) is 28.5 Å². The highest BCUT2D eigenvalue weighted by molar-refractivity contribution is 7.21. The standard InChI is InChI=1S/C42H29N3Si/c43-30-31-25-26-44-38(27-31)34-15-11-13-32(28-34)33-14-12-16-35(29-33)45-39-21-7-9-23-41(39)46(36-17-3-1-4-18-36,37-19-5-2-6-20-37)42-24-10-8-22-40(42)45/h1-29H. The van der Waals surface area contributed by atoms with Gasteiger partial charge in [-0.25, -0.2) is 0 Å². The summed E-state index contributed by atoms with van der Waals surface area (Å²) in [6.45, 7) is 0. The average molecular weight is 604 g/mol. The molecule has 0 N–H and O–H groups in total. The zero-order valence-corrected chi connectivity index (χ0v) is 26.1. The zero-order valence-electron chi connectivity index (χ0n) is 25.1. The molecule has 0 aliphatic carbocycles. The van der Waals surface area contributed by atoms with Gasteiger partial charge in [-0.15, -0.1) is 0 Å². The van der Waals surface area contributed by atoms with Crippen LogP contribution in [0.4, 0.5) is 17.1 Å². The molecule has 0 bridgehead atoms. The second-order valence-electron chi connectivity index (χ2n) is 11.5. The summed E-state index contributed by atoms with van der Waals surface area (Å²) in [4.78, 5) is 6.98. The van der Waals surface area contributed by atoms with Crippen LogP contribution < -0.4 is 25.6 Å². The van der Waals surface area contributed by atoms with Gasteiger partial charge in [0.25, 0.3) is 0 Å². The second kappa shape index (κ2) is 11.5. The van der Waals surface area contributed by atoms with Crippen LogP contribution >= 0.6 is 0 Å². The van der Waals surface area contributed by atoms with Crippen LogP contribution in [-0.2, 0) is 0 Å². The normalized spacial score (nSPS) is 12.9. The molecular weight excluding hydrogens is 575 g/mol. The van der Waals surface area contributed by atoms with Crippen LogP contribution in [0, 0.1) is 11.3 Å². The van der Waals surface area contributed by atoms with Crippen molar-refractivity contribution >= 4 is 45.9 Å². The molecule has 0 atom stereocenters. The van der Waals surface area contributed by atoms with Gasteiger partial charge in [0.05, 0.1) is 17.3 Å². The van der Waals surface area contributed by atoms with E-state index in [1.54, 1.807) is 12.3 Å². The Morgan fingerprint density at radius 3 is 1.67 bits per heavy atom. The maximum atomic E-state index is 9.42. The number of para-hydroxylation sites is 2. The molecule has 3 nitrogen and oxygen atoms in total. The molecule has 0 fully saturated rings. The van der Waals surface area contributed by atoms with Gasteiger partial charge in [0.2, 0.25) is 0 Å². The summed E-state index contributed by atoms with van der Waals surface area (Å²) in [6, 6.07) is 63.1. The Hall–Kier alpha value is -6.02. The molecule has 8 rings (SSSR count). The first-order chi connectivity index (χ1) is 22.8. The summed E-state index contributed by atoms with van der Waals surface area (Å²) in [6.07, 6.45) is 1.70. The molecule has 216 valence electrons. The summed E-state index contributed by atoms with van der Waals surface area (Å²) >= 11 is 0. The molecular formula is C42H29N3Si. The fraction of sp³-hybridized carbons (Fsp3) is 0. The van der Waals surface area contributed by atoms with Gasteiger partial charge in [-0.1, -0.05) is 127 Å². The van der Waals surface area contributed by atoms with Crippen molar-refractivity contribution in [1.29, 1.82) is 5.26 Å². The number of fused-ring (bicyclic) bond motifs is 2. The van der Waals surface area contributed by atoms with Crippen molar-refractivity contribution in [2.45, 2.75) is 0 Å². The fourth-order valence-electron chi connectivity index (χ4n) is 7.03. The third kappa shape index (κ3) is 4.45. The van der Waals surface area contributed by atoms with Crippen LogP contribution in [-0.4, -0.2) is 13.1 Å². The third-order valence-electron chi connectivity index (χ3n) is 9.00. The number of hydrogen-bond acceptors (Lipinski definition) is 3. The lowest BCUT2D eigenvalue weighted by Crippen LogP contribution is -2.77. The van der Waals surface area contributed by atoms with Gasteiger partial charge in [-0.2, -0.15) is 5.26 Å². The van der Waals surface area contributed by atoms with Gasteiger partial charge in [-0.3, -0.25) is 4.98 Å². The number of aromatic nitrogens is 1. The van der Waals surface area contributed by atoms with Crippen LogP contribution in [0.1, 0.15) is 5.56 Å². The summed E-state index contributed by atoms with van der Waals surface area (Å²) < 4.78 is 0. The molecule has 1 aromatic heterocycles. The third-order valence-corrected chi connectivity index (χ3v) is 13.9. The van der Waals surface area contributed by atoms with E-state index in [-0.39, 0.29) is 0 Å². The number of nitrogens with zero attached hydrogens (tertiary/aromatic N) is 3. The number of benzene rings is 6. The van der Waals surface area contributed by atoms with Gasteiger partial charge < -0.3 is 4.90 Å². The Balaban J connectivity index is 1.32. The van der Waals surface area contributed by atoms with E-state index in [1.807, 2.05) is 12.1 Å². The van der Waals surface area contributed by atoms with Gasteiger partial charge in [0.15, 0.2) is 8.07 Å². The SMILES string of the molecule is N#Cc1ccnc(-c2cccc(-c3cccc(N4c5ccccc5[Si](c5ccccc5)(c5ccccc5)c5ccccc54)c3)c2)c1. The first-order valence-corrected chi connectivity index (χ1v) is 17.4. The van der Waals surface area contributed by atoms with Crippen LogP contribution in [0.3, 0.4) is 0 Å². The van der Waals surface area contributed by atoms with Crippen molar-refractivity contribution in [1.82, 2.24) is 4.98 Å². The number of anilines is 3. The lowest BCUT2D eigenvalue weighted by atomic mass is 10.00.